The molecule has 2 aromatic rings. The van der Waals surface area contributed by atoms with Crippen molar-refractivity contribution in [2.24, 2.45) is 0 Å². The van der Waals surface area contributed by atoms with Gasteiger partial charge in [-0.2, -0.15) is 0 Å². The summed E-state index contributed by atoms with van der Waals surface area (Å²) >= 11 is 1.12. The number of para-hydroxylation sites is 2. The summed E-state index contributed by atoms with van der Waals surface area (Å²) in [5, 5.41) is 3.89. The van der Waals surface area contributed by atoms with Gasteiger partial charge in [0.2, 0.25) is 0 Å². The quantitative estimate of drug-likeness (QED) is 0.871. The van der Waals surface area contributed by atoms with Crippen LogP contribution in [0.5, 0.6) is 0 Å². The van der Waals surface area contributed by atoms with Crippen molar-refractivity contribution in [3.8, 4) is 0 Å². The first-order valence-corrected chi connectivity index (χ1v) is 6.87. The highest BCUT2D eigenvalue weighted by Crippen LogP contribution is 2.25. The molecule has 0 aliphatic heterocycles. The number of anilines is 2. The molecule has 100 valence electrons. The topological polar surface area (TPSA) is 72.1 Å². The lowest BCUT2D eigenvalue weighted by molar-refractivity contribution is 0.0990. The minimum Gasteiger partial charge on any atom is -0.397 e. The Kier molecular flexibility index (Phi) is 4.11. The molecule has 5 nitrogen and oxygen atoms in total. The van der Waals surface area contributed by atoms with Crippen molar-refractivity contribution in [3.63, 3.8) is 0 Å². The first-order valence-electron chi connectivity index (χ1n) is 6.10. The van der Waals surface area contributed by atoms with E-state index in [4.69, 9.17) is 5.73 Å². The van der Waals surface area contributed by atoms with E-state index < -0.39 is 0 Å². The van der Waals surface area contributed by atoms with Gasteiger partial charge in [-0.15, -0.1) is 5.10 Å². The molecule has 1 aromatic carbocycles. The summed E-state index contributed by atoms with van der Waals surface area (Å²) in [6.07, 6.45) is 0.853. The molecule has 0 aliphatic carbocycles. The number of carbonyl (C=O) groups excluding carboxylic acids is 1. The number of nitrogen functional groups attached to an aromatic ring is 1. The Bertz CT molecular complexity index is 582. The van der Waals surface area contributed by atoms with Crippen molar-refractivity contribution in [1.29, 1.82) is 0 Å². The van der Waals surface area contributed by atoms with E-state index in [2.05, 4.69) is 9.59 Å². The molecule has 0 radical (unpaired) electrons. The van der Waals surface area contributed by atoms with E-state index in [0.717, 1.165) is 23.6 Å². The maximum absolute atomic E-state index is 12.6. The number of hydrogen-bond acceptors (Lipinski definition) is 5. The van der Waals surface area contributed by atoms with E-state index in [-0.39, 0.29) is 5.91 Å². The van der Waals surface area contributed by atoms with Gasteiger partial charge < -0.3 is 10.6 Å². The number of nitrogens with two attached hydrogens (primary N) is 1. The summed E-state index contributed by atoms with van der Waals surface area (Å²) in [5.74, 6) is -0.0905. The molecule has 0 spiro atoms. The maximum Gasteiger partial charge on any atom is 0.271 e. The number of rotatable bonds is 4. The molecule has 6 heteroatoms. The second-order valence-corrected chi connectivity index (χ2v) is 4.96. The zero-order chi connectivity index (χ0) is 13.8. The highest BCUT2D eigenvalue weighted by Gasteiger charge is 2.22. The van der Waals surface area contributed by atoms with Gasteiger partial charge in [-0.25, -0.2) is 0 Å². The fourth-order valence-electron chi connectivity index (χ4n) is 1.84. The van der Waals surface area contributed by atoms with Gasteiger partial charge in [0.15, 0.2) is 0 Å². The monoisotopic (exact) mass is 276 g/mol. The molecule has 19 heavy (non-hydrogen) atoms. The number of amides is 1. The van der Waals surface area contributed by atoms with Crippen LogP contribution in [-0.4, -0.2) is 22.0 Å². The van der Waals surface area contributed by atoms with Crippen LogP contribution in [0.1, 0.15) is 28.7 Å². The zero-order valence-electron chi connectivity index (χ0n) is 11.0. The van der Waals surface area contributed by atoms with Crippen LogP contribution in [-0.2, 0) is 0 Å². The summed E-state index contributed by atoms with van der Waals surface area (Å²) in [4.78, 5) is 14.8. The molecule has 0 bridgehead atoms. The van der Waals surface area contributed by atoms with Crippen molar-refractivity contribution in [3.05, 3.63) is 34.8 Å². The van der Waals surface area contributed by atoms with E-state index in [1.54, 1.807) is 17.9 Å². The number of aromatic nitrogens is 2. The predicted molar refractivity (Wildman–Crippen MR) is 77.5 cm³/mol. The third kappa shape index (κ3) is 2.73. The molecular weight excluding hydrogens is 260 g/mol. The van der Waals surface area contributed by atoms with Crippen LogP contribution in [0.4, 0.5) is 11.4 Å². The zero-order valence-corrected chi connectivity index (χ0v) is 11.8. The fraction of sp³-hybridized carbons (Fsp3) is 0.308. The molecule has 1 amide bonds. The Balaban J connectivity index is 2.39. The van der Waals surface area contributed by atoms with Gasteiger partial charge in [-0.05, 0) is 37.0 Å². The molecule has 0 aliphatic rings. The highest BCUT2D eigenvalue weighted by atomic mass is 32.1. The summed E-state index contributed by atoms with van der Waals surface area (Å²) in [5.41, 5.74) is 7.95. The van der Waals surface area contributed by atoms with Gasteiger partial charge in [0, 0.05) is 6.54 Å². The summed E-state index contributed by atoms with van der Waals surface area (Å²) in [6.45, 7) is 4.43. The standard InChI is InChI=1S/C13H16N4OS/c1-3-8-17(11-7-5-4-6-10(11)14)13(18)12-9(2)15-16-19-12/h4-7H,3,8,14H2,1-2H3. The second-order valence-electron chi connectivity index (χ2n) is 4.20. The molecule has 0 fully saturated rings. The summed E-state index contributed by atoms with van der Waals surface area (Å²) in [6, 6.07) is 7.38. The molecule has 1 aromatic heterocycles. The number of carbonyl (C=O) groups is 1. The molecular formula is C13H16N4OS. The van der Waals surface area contributed by atoms with Crippen LogP contribution < -0.4 is 10.6 Å². The minimum absolute atomic E-state index is 0.0905. The molecule has 2 rings (SSSR count). The van der Waals surface area contributed by atoms with E-state index in [9.17, 15) is 4.79 Å². The van der Waals surface area contributed by atoms with Gasteiger partial charge in [0.25, 0.3) is 5.91 Å². The third-order valence-electron chi connectivity index (χ3n) is 2.77. The SMILES string of the molecule is CCCN(C(=O)c1snnc1C)c1ccccc1N. The highest BCUT2D eigenvalue weighted by molar-refractivity contribution is 7.08. The van der Waals surface area contributed by atoms with E-state index >= 15 is 0 Å². The van der Waals surface area contributed by atoms with E-state index in [1.165, 1.54) is 0 Å². The predicted octanol–water partition coefficient (Wildman–Crippen LogP) is 2.49. The van der Waals surface area contributed by atoms with Gasteiger partial charge in [-0.1, -0.05) is 23.5 Å². The lowest BCUT2D eigenvalue weighted by Crippen LogP contribution is -2.32. The molecule has 2 N–H and O–H groups in total. The third-order valence-corrected chi connectivity index (χ3v) is 3.58. The van der Waals surface area contributed by atoms with Crippen LogP contribution in [0, 0.1) is 6.92 Å². The minimum atomic E-state index is -0.0905. The molecule has 0 saturated heterocycles. The van der Waals surface area contributed by atoms with Crippen molar-refractivity contribution in [2.45, 2.75) is 20.3 Å². The van der Waals surface area contributed by atoms with Crippen molar-refractivity contribution in [1.82, 2.24) is 9.59 Å². The van der Waals surface area contributed by atoms with Crippen molar-refractivity contribution in [2.75, 3.05) is 17.2 Å². The number of nitrogens with zero attached hydrogens (tertiary/aromatic N) is 3. The Morgan fingerprint density at radius 1 is 1.42 bits per heavy atom. The number of hydrogen-bond donors (Lipinski definition) is 1. The Hall–Kier alpha value is -1.95. The summed E-state index contributed by atoms with van der Waals surface area (Å²) in [7, 11) is 0. The average molecular weight is 276 g/mol. The smallest absolute Gasteiger partial charge is 0.271 e. The van der Waals surface area contributed by atoms with Gasteiger partial charge >= 0.3 is 0 Å². The molecule has 0 unspecified atom stereocenters. The largest absolute Gasteiger partial charge is 0.397 e. The lowest BCUT2D eigenvalue weighted by Gasteiger charge is -2.23. The second kappa shape index (κ2) is 5.79. The Morgan fingerprint density at radius 2 is 2.16 bits per heavy atom. The van der Waals surface area contributed by atoms with E-state index in [0.29, 0.717) is 22.8 Å². The molecule has 0 atom stereocenters. The van der Waals surface area contributed by atoms with Crippen molar-refractivity contribution >= 4 is 28.8 Å². The van der Waals surface area contributed by atoms with Crippen LogP contribution >= 0.6 is 11.5 Å². The van der Waals surface area contributed by atoms with Crippen LogP contribution in [0.2, 0.25) is 0 Å². The number of benzene rings is 1. The van der Waals surface area contributed by atoms with E-state index in [1.807, 2.05) is 25.1 Å². The van der Waals surface area contributed by atoms with Gasteiger partial charge in [0.05, 0.1) is 17.1 Å². The van der Waals surface area contributed by atoms with Crippen LogP contribution in [0.3, 0.4) is 0 Å². The first kappa shape index (κ1) is 13.5. The van der Waals surface area contributed by atoms with Gasteiger partial charge in [0.1, 0.15) is 4.88 Å². The Labute approximate surface area is 116 Å². The molecule has 1 heterocycles. The van der Waals surface area contributed by atoms with Gasteiger partial charge in [-0.3, -0.25) is 4.79 Å². The van der Waals surface area contributed by atoms with Crippen LogP contribution in [0.25, 0.3) is 0 Å². The first-order chi connectivity index (χ1) is 9.15. The normalized spacial score (nSPS) is 10.4. The lowest BCUT2D eigenvalue weighted by atomic mass is 10.2. The average Bonchev–Trinajstić information content (AvgIpc) is 2.82. The Morgan fingerprint density at radius 3 is 2.74 bits per heavy atom. The number of aryl methyl sites for hydroxylation is 1. The maximum atomic E-state index is 12.6. The fourth-order valence-corrected chi connectivity index (χ4v) is 2.44. The van der Waals surface area contributed by atoms with Crippen LogP contribution in [0.15, 0.2) is 24.3 Å². The summed E-state index contributed by atoms with van der Waals surface area (Å²) < 4.78 is 3.81. The van der Waals surface area contributed by atoms with Crippen molar-refractivity contribution < 1.29 is 4.79 Å². The molecule has 0 saturated carbocycles.